The molecule has 0 amide bonds. The van der Waals surface area contributed by atoms with Crippen LogP contribution in [-0.2, 0) is 7.05 Å². The molecule has 3 aromatic rings. The van der Waals surface area contributed by atoms with Gasteiger partial charge in [0.05, 0.1) is 18.4 Å². The molecule has 0 N–H and O–H groups in total. The second kappa shape index (κ2) is 8.33. The molecule has 0 aliphatic carbocycles. The molecule has 9 heteroatoms. The first-order chi connectivity index (χ1) is 13.1. The molecule has 0 aliphatic heterocycles. The average Bonchev–Trinajstić information content (AvgIpc) is 3.10. The third-order valence-corrected chi connectivity index (χ3v) is 4.47. The van der Waals surface area contributed by atoms with E-state index in [0.717, 1.165) is 23.1 Å². The van der Waals surface area contributed by atoms with Gasteiger partial charge in [-0.3, -0.25) is 4.52 Å². The third-order valence-electron chi connectivity index (χ3n) is 3.49. The Morgan fingerprint density at radius 2 is 2.11 bits per heavy atom. The van der Waals surface area contributed by atoms with Crippen molar-refractivity contribution in [3.63, 3.8) is 0 Å². The number of thioether (sulfide) groups is 1. The second-order valence-corrected chi connectivity index (χ2v) is 6.36. The first-order valence-electron chi connectivity index (χ1n) is 7.84. The number of benzene rings is 1. The van der Waals surface area contributed by atoms with Crippen LogP contribution in [0, 0.1) is 11.3 Å². The molecule has 0 radical (unpaired) electrons. The van der Waals surface area contributed by atoms with Crippen molar-refractivity contribution in [1.82, 2.24) is 10.3 Å². The van der Waals surface area contributed by atoms with Crippen molar-refractivity contribution in [2.75, 3.05) is 12.9 Å². The van der Waals surface area contributed by atoms with Crippen molar-refractivity contribution in [2.24, 2.45) is 12.0 Å². The number of nitrogens with zero attached hydrogens (tertiary/aromatic N) is 5. The Balaban J connectivity index is 1.79. The van der Waals surface area contributed by atoms with Gasteiger partial charge >= 0.3 is 5.88 Å². The molecule has 27 heavy (non-hydrogen) atoms. The SMILES string of the molecule is COc1ccc(-c2ccc(C#N)c(SC/C([O-])=N/c3c[n+](C)no3)n2)cc1. The Bertz CT molecular complexity index is 1010. The van der Waals surface area contributed by atoms with Gasteiger partial charge in [-0.1, -0.05) is 16.4 Å². The zero-order chi connectivity index (χ0) is 19.2. The molecular formula is C18H15N5O3S. The van der Waals surface area contributed by atoms with Gasteiger partial charge in [-0.25, -0.2) is 9.98 Å². The first-order valence-corrected chi connectivity index (χ1v) is 8.83. The molecule has 0 saturated heterocycles. The predicted molar refractivity (Wildman–Crippen MR) is 96.4 cm³/mol. The molecule has 8 nitrogen and oxygen atoms in total. The molecule has 3 rings (SSSR count). The summed E-state index contributed by atoms with van der Waals surface area (Å²) in [6, 6.07) is 13.0. The van der Waals surface area contributed by atoms with E-state index in [4.69, 9.17) is 9.26 Å². The minimum absolute atomic E-state index is 0.0260. The maximum atomic E-state index is 12.0. The van der Waals surface area contributed by atoms with E-state index in [1.54, 1.807) is 26.3 Å². The largest absolute Gasteiger partial charge is 0.861 e. The number of aromatic nitrogens is 3. The number of aryl methyl sites for hydroxylation is 1. The normalized spacial score (nSPS) is 11.2. The number of pyridine rings is 1. The summed E-state index contributed by atoms with van der Waals surface area (Å²) in [6.45, 7) is 0. The lowest BCUT2D eigenvalue weighted by Gasteiger charge is -2.10. The Hall–Kier alpha value is -3.38. The molecule has 0 unspecified atom stereocenters. The Morgan fingerprint density at radius 1 is 1.33 bits per heavy atom. The van der Waals surface area contributed by atoms with Crippen LogP contribution in [0.2, 0.25) is 0 Å². The van der Waals surface area contributed by atoms with E-state index in [-0.39, 0.29) is 11.6 Å². The molecule has 0 aliphatic rings. The van der Waals surface area contributed by atoms with E-state index in [9.17, 15) is 10.4 Å². The molecule has 0 spiro atoms. The maximum Gasteiger partial charge on any atom is 0.320 e. The zero-order valence-corrected chi connectivity index (χ0v) is 15.4. The van der Waals surface area contributed by atoms with Gasteiger partial charge in [0.15, 0.2) is 12.3 Å². The highest BCUT2D eigenvalue weighted by Gasteiger charge is 2.09. The van der Waals surface area contributed by atoms with Crippen LogP contribution in [0.3, 0.4) is 0 Å². The van der Waals surface area contributed by atoms with Gasteiger partial charge in [0.1, 0.15) is 16.8 Å². The Morgan fingerprint density at radius 3 is 2.74 bits per heavy atom. The molecule has 0 bridgehead atoms. The number of hydrogen-bond donors (Lipinski definition) is 0. The van der Waals surface area contributed by atoms with Crippen LogP contribution < -0.4 is 14.5 Å². The molecule has 0 fully saturated rings. The number of nitriles is 1. The molecule has 2 heterocycles. The lowest BCUT2D eigenvalue weighted by molar-refractivity contribution is -0.739. The number of hydrogen-bond acceptors (Lipinski definition) is 8. The smallest absolute Gasteiger partial charge is 0.320 e. The zero-order valence-electron chi connectivity index (χ0n) is 14.6. The summed E-state index contributed by atoms with van der Waals surface area (Å²) in [6.07, 6.45) is 1.49. The van der Waals surface area contributed by atoms with E-state index in [0.29, 0.717) is 16.3 Å². The van der Waals surface area contributed by atoms with Crippen LogP contribution in [0.25, 0.3) is 11.3 Å². The molecule has 0 saturated carbocycles. The van der Waals surface area contributed by atoms with Gasteiger partial charge < -0.3 is 9.84 Å². The summed E-state index contributed by atoms with van der Waals surface area (Å²) in [4.78, 5) is 8.33. The topological polar surface area (TPSA) is 111 Å². The highest BCUT2D eigenvalue weighted by molar-refractivity contribution is 7.99. The van der Waals surface area contributed by atoms with Crippen molar-refractivity contribution < 1.29 is 19.0 Å². The molecule has 1 aromatic carbocycles. The monoisotopic (exact) mass is 381 g/mol. The lowest BCUT2D eigenvalue weighted by Crippen LogP contribution is -2.27. The van der Waals surface area contributed by atoms with E-state index in [2.05, 4.69) is 21.3 Å². The van der Waals surface area contributed by atoms with E-state index < -0.39 is 5.90 Å². The number of aliphatic imine (C=N–C) groups is 1. The van der Waals surface area contributed by atoms with Crippen molar-refractivity contribution in [3.05, 3.63) is 48.2 Å². The second-order valence-electron chi connectivity index (χ2n) is 5.40. The minimum Gasteiger partial charge on any atom is -0.861 e. The predicted octanol–water partition coefficient (Wildman–Crippen LogP) is 1.62. The van der Waals surface area contributed by atoms with Gasteiger partial charge in [-0.05, 0) is 42.3 Å². The maximum absolute atomic E-state index is 12.0. The van der Waals surface area contributed by atoms with Gasteiger partial charge in [-0.15, -0.1) is 0 Å². The quantitative estimate of drug-likeness (QED) is 0.276. The highest BCUT2D eigenvalue weighted by Crippen LogP contribution is 2.26. The lowest BCUT2D eigenvalue weighted by atomic mass is 10.1. The van der Waals surface area contributed by atoms with Crippen LogP contribution >= 0.6 is 11.8 Å². The summed E-state index contributed by atoms with van der Waals surface area (Å²) < 4.78 is 11.4. The average molecular weight is 381 g/mol. The van der Waals surface area contributed by atoms with Crippen LogP contribution in [0.15, 0.2) is 57.1 Å². The summed E-state index contributed by atoms with van der Waals surface area (Å²) in [5, 5.41) is 25.4. The van der Waals surface area contributed by atoms with Gasteiger partial charge in [0.2, 0.25) is 0 Å². The summed E-state index contributed by atoms with van der Waals surface area (Å²) in [7, 11) is 3.26. The number of rotatable bonds is 6. The fourth-order valence-corrected chi connectivity index (χ4v) is 2.96. The van der Waals surface area contributed by atoms with Crippen LogP contribution in [0.4, 0.5) is 5.88 Å². The van der Waals surface area contributed by atoms with Crippen LogP contribution in [0.5, 0.6) is 5.75 Å². The number of ether oxygens (including phenoxy) is 1. The Kier molecular flexibility index (Phi) is 5.68. The fourth-order valence-electron chi connectivity index (χ4n) is 2.21. The number of methoxy groups -OCH3 is 1. The van der Waals surface area contributed by atoms with Crippen LogP contribution in [0.1, 0.15) is 5.56 Å². The van der Waals surface area contributed by atoms with Gasteiger partial charge in [-0.2, -0.15) is 5.26 Å². The molecule has 0 atom stereocenters. The third kappa shape index (κ3) is 4.62. The van der Waals surface area contributed by atoms with Crippen molar-refractivity contribution in [3.8, 4) is 23.1 Å². The van der Waals surface area contributed by atoms with E-state index in [1.807, 2.05) is 24.3 Å². The van der Waals surface area contributed by atoms with Crippen molar-refractivity contribution in [2.45, 2.75) is 5.03 Å². The van der Waals surface area contributed by atoms with Gasteiger partial charge in [0, 0.05) is 11.3 Å². The standard InChI is InChI=1S/C18H15N5O3S/c1-23-10-17(26-22-23)21-16(24)11-27-18-13(9-19)5-8-15(20-18)12-3-6-14(25-2)7-4-12/h3-8,10H,11H2,1-2H3. The summed E-state index contributed by atoms with van der Waals surface area (Å²) >= 11 is 1.15. The summed E-state index contributed by atoms with van der Waals surface area (Å²) in [5.41, 5.74) is 1.98. The van der Waals surface area contributed by atoms with Crippen molar-refractivity contribution >= 4 is 23.5 Å². The van der Waals surface area contributed by atoms with Gasteiger partial charge in [0.25, 0.3) is 6.20 Å². The Labute approximate surface area is 159 Å². The highest BCUT2D eigenvalue weighted by atomic mass is 32.2. The molecular weight excluding hydrogens is 366 g/mol. The van der Waals surface area contributed by atoms with E-state index in [1.165, 1.54) is 10.9 Å². The minimum atomic E-state index is -0.405. The summed E-state index contributed by atoms with van der Waals surface area (Å²) in [5.74, 6) is 0.494. The first kappa shape index (κ1) is 18.4. The molecule has 2 aromatic heterocycles. The van der Waals surface area contributed by atoms with Crippen molar-refractivity contribution in [1.29, 1.82) is 5.26 Å². The van der Waals surface area contributed by atoms with E-state index >= 15 is 0 Å². The van der Waals surface area contributed by atoms with Crippen LogP contribution in [-0.4, -0.2) is 29.0 Å². The molecule has 136 valence electrons. The fraction of sp³-hybridized carbons (Fsp3) is 0.167.